The van der Waals surface area contributed by atoms with Crippen LogP contribution in [0.4, 0.5) is 5.69 Å². The van der Waals surface area contributed by atoms with Crippen LogP contribution in [0, 0.1) is 0 Å². The molecule has 3 aromatic rings. The Balaban J connectivity index is 1.72. The second-order valence-corrected chi connectivity index (χ2v) is 9.49. The number of nitrogens with one attached hydrogen (secondary N) is 1. The molecule has 0 aliphatic rings. The SMILES string of the molecule is O=S(=O)(O)Cc1nccn1CC(CNc1ccc(Cl)c(Cl)c1)OCc1ccc(Cl)cc1. The highest BCUT2D eigenvalue weighted by Gasteiger charge is 2.17. The van der Waals surface area contributed by atoms with Crippen molar-refractivity contribution in [2.45, 2.75) is 25.0 Å². The van der Waals surface area contributed by atoms with E-state index < -0.39 is 15.9 Å². The fourth-order valence-electron chi connectivity index (χ4n) is 2.84. The van der Waals surface area contributed by atoms with E-state index in [0.717, 1.165) is 11.3 Å². The van der Waals surface area contributed by atoms with Gasteiger partial charge in [0.2, 0.25) is 0 Å². The van der Waals surface area contributed by atoms with Gasteiger partial charge in [-0.15, -0.1) is 0 Å². The number of hydrogen-bond donors (Lipinski definition) is 2. The summed E-state index contributed by atoms with van der Waals surface area (Å²) in [5.41, 5.74) is 1.70. The molecule has 1 heterocycles. The van der Waals surface area contributed by atoms with Crippen LogP contribution in [-0.4, -0.2) is 35.2 Å². The monoisotopic (exact) mass is 503 g/mol. The molecule has 1 unspecified atom stereocenters. The predicted octanol–water partition coefficient (Wildman–Crippen LogP) is 4.93. The third-order valence-electron chi connectivity index (χ3n) is 4.37. The number of halogens is 3. The minimum Gasteiger partial charge on any atom is -0.382 e. The Labute approximate surface area is 195 Å². The Kier molecular flexibility index (Phi) is 8.21. The first-order chi connectivity index (χ1) is 14.7. The molecule has 0 radical (unpaired) electrons. The van der Waals surface area contributed by atoms with Gasteiger partial charge in [-0.2, -0.15) is 8.42 Å². The molecule has 0 fully saturated rings. The van der Waals surface area contributed by atoms with Gasteiger partial charge in [-0.25, -0.2) is 4.98 Å². The molecular weight excluding hydrogens is 485 g/mol. The van der Waals surface area contributed by atoms with Gasteiger partial charge in [0.15, 0.2) is 0 Å². The van der Waals surface area contributed by atoms with Crippen molar-refractivity contribution in [3.63, 3.8) is 0 Å². The minimum atomic E-state index is -4.21. The maximum absolute atomic E-state index is 11.3. The molecule has 2 aromatic carbocycles. The number of benzene rings is 2. The molecule has 1 atom stereocenters. The van der Waals surface area contributed by atoms with E-state index in [1.54, 1.807) is 41.1 Å². The van der Waals surface area contributed by atoms with Crippen molar-refractivity contribution in [2.24, 2.45) is 0 Å². The Hall–Kier alpha value is -1.81. The highest BCUT2D eigenvalue weighted by molar-refractivity contribution is 7.84. The van der Waals surface area contributed by atoms with Crippen molar-refractivity contribution in [1.29, 1.82) is 0 Å². The van der Waals surface area contributed by atoms with Crippen LogP contribution in [0.2, 0.25) is 15.1 Å². The molecule has 1 aromatic heterocycles. The summed E-state index contributed by atoms with van der Waals surface area (Å²) >= 11 is 18.0. The first-order valence-electron chi connectivity index (χ1n) is 9.20. The lowest BCUT2D eigenvalue weighted by Gasteiger charge is -2.21. The normalized spacial score (nSPS) is 12.6. The molecule has 0 aliphatic heterocycles. The predicted molar refractivity (Wildman–Crippen MR) is 122 cm³/mol. The second kappa shape index (κ2) is 10.7. The average molecular weight is 505 g/mol. The zero-order valence-corrected chi connectivity index (χ0v) is 19.3. The summed E-state index contributed by atoms with van der Waals surface area (Å²) in [5.74, 6) is -0.360. The molecule has 0 saturated carbocycles. The van der Waals surface area contributed by atoms with E-state index in [-0.39, 0.29) is 11.9 Å². The highest BCUT2D eigenvalue weighted by atomic mass is 35.5. The summed E-state index contributed by atoms with van der Waals surface area (Å²) in [6, 6.07) is 12.5. The quantitative estimate of drug-likeness (QED) is 0.380. The fourth-order valence-corrected chi connectivity index (χ4v) is 3.83. The lowest BCUT2D eigenvalue weighted by atomic mass is 10.2. The first-order valence-corrected chi connectivity index (χ1v) is 11.9. The van der Waals surface area contributed by atoms with Gasteiger partial charge in [-0.05, 0) is 35.9 Å². The molecule has 0 amide bonds. The van der Waals surface area contributed by atoms with E-state index >= 15 is 0 Å². The molecule has 7 nitrogen and oxygen atoms in total. The van der Waals surface area contributed by atoms with E-state index in [1.807, 2.05) is 12.1 Å². The third-order valence-corrected chi connectivity index (χ3v) is 5.98. The summed E-state index contributed by atoms with van der Waals surface area (Å²) in [4.78, 5) is 4.02. The molecule has 0 aliphatic carbocycles. The van der Waals surface area contributed by atoms with Gasteiger partial charge in [0.25, 0.3) is 10.1 Å². The van der Waals surface area contributed by atoms with Crippen molar-refractivity contribution < 1.29 is 17.7 Å². The van der Waals surface area contributed by atoms with Crippen molar-refractivity contribution >= 4 is 50.6 Å². The van der Waals surface area contributed by atoms with Gasteiger partial charge in [-0.1, -0.05) is 46.9 Å². The number of aromatic nitrogens is 2. The van der Waals surface area contributed by atoms with Gasteiger partial charge >= 0.3 is 0 Å². The number of ether oxygens (including phenoxy) is 1. The van der Waals surface area contributed by atoms with Gasteiger partial charge in [0.1, 0.15) is 11.6 Å². The van der Waals surface area contributed by atoms with Crippen LogP contribution in [0.25, 0.3) is 0 Å². The van der Waals surface area contributed by atoms with E-state index in [9.17, 15) is 8.42 Å². The van der Waals surface area contributed by atoms with Gasteiger partial charge < -0.3 is 14.6 Å². The molecule has 3 rings (SSSR count). The zero-order valence-electron chi connectivity index (χ0n) is 16.2. The van der Waals surface area contributed by atoms with Crippen molar-refractivity contribution in [2.75, 3.05) is 11.9 Å². The Morgan fingerprint density at radius 1 is 1.10 bits per heavy atom. The first kappa shape index (κ1) is 23.8. The number of imidazole rings is 1. The van der Waals surface area contributed by atoms with Gasteiger partial charge in [0.05, 0.1) is 29.3 Å². The van der Waals surface area contributed by atoms with E-state index in [4.69, 9.17) is 44.1 Å². The van der Waals surface area contributed by atoms with E-state index in [1.165, 1.54) is 6.20 Å². The lowest BCUT2D eigenvalue weighted by Crippen LogP contribution is -2.29. The number of nitrogens with zero attached hydrogens (tertiary/aromatic N) is 2. The molecule has 0 saturated heterocycles. The van der Waals surface area contributed by atoms with Crippen molar-refractivity contribution in [3.05, 3.63) is 81.3 Å². The smallest absolute Gasteiger partial charge is 0.272 e. The molecule has 166 valence electrons. The van der Waals surface area contributed by atoms with Crippen LogP contribution >= 0.6 is 34.8 Å². The van der Waals surface area contributed by atoms with Crippen molar-refractivity contribution in [3.8, 4) is 0 Å². The van der Waals surface area contributed by atoms with Crippen LogP contribution in [0.5, 0.6) is 0 Å². The van der Waals surface area contributed by atoms with E-state index in [0.29, 0.717) is 34.8 Å². The number of hydrogen-bond acceptors (Lipinski definition) is 5. The number of rotatable bonds is 10. The van der Waals surface area contributed by atoms with Crippen LogP contribution in [0.15, 0.2) is 54.9 Å². The standard InChI is InChI=1S/C20H20Cl3N3O4S/c21-15-3-1-14(2-4-15)12-30-17(10-25-16-5-6-18(22)19(23)9-16)11-26-8-7-24-20(26)13-31(27,28)29/h1-9,17,25H,10-13H2,(H,27,28,29). The topological polar surface area (TPSA) is 93.5 Å². The van der Waals surface area contributed by atoms with Crippen LogP contribution in [0.1, 0.15) is 11.4 Å². The molecular formula is C20H20Cl3N3O4S. The summed E-state index contributed by atoms with van der Waals surface area (Å²) in [7, 11) is -4.21. The summed E-state index contributed by atoms with van der Waals surface area (Å²) in [6.45, 7) is 1.04. The Bertz CT molecular complexity index is 1120. The third kappa shape index (κ3) is 7.68. The Morgan fingerprint density at radius 2 is 1.84 bits per heavy atom. The molecule has 0 spiro atoms. The Morgan fingerprint density at radius 3 is 2.52 bits per heavy atom. The average Bonchev–Trinajstić information content (AvgIpc) is 3.12. The highest BCUT2D eigenvalue weighted by Crippen LogP contribution is 2.25. The lowest BCUT2D eigenvalue weighted by molar-refractivity contribution is 0.0375. The largest absolute Gasteiger partial charge is 0.382 e. The fraction of sp³-hybridized carbons (Fsp3) is 0.250. The minimum absolute atomic E-state index is 0.220. The second-order valence-electron chi connectivity index (χ2n) is 6.79. The summed E-state index contributed by atoms with van der Waals surface area (Å²) < 4.78 is 39.4. The summed E-state index contributed by atoms with van der Waals surface area (Å²) in [5, 5.41) is 4.76. The van der Waals surface area contributed by atoms with Gasteiger partial charge in [-0.3, -0.25) is 4.55 Å². The molecule has 31 heavy (non-hydrogen) atoms. The molecule has 2 N–H and O–H groups in total. The van der Waals surface area contributed by atoms with Crippen molar-refractivity contribution in [1.82, 2.24) is 9.55 Å². The molecule has 0 bridgehead atoms. The number of anilines is 1. The van der Waals surface area contributed by atoms with Gasteiger partial charge in [0, 0.05) is 29.6 Å². The van der Waals surface area contributed by atoms with Crippen LogP contribution in [0.3, 0.4) is 0 Å². The van der Waals surface area contributed by atoms with Crippen LogP contribution < -0.4 is 5.32 Å². The zero-order chi connectivity index (χ0) is 22.4. The maximum atomic E-state index is 11.3. The molecule has 11 heteroatoms. The summed E-state index contributed by atoms with van der Waals surface area (Å²) in [6.07, 6.45) is 2.75. The maximum Gasteiger partial charge on any atom is 0.272 e. The van der Waals surface area contributed by atoms with Crippen LogP contribution in [-0.2, 0) is 33.8 Å². The van der Waals surface area contributed by atoms with E-state index in [2.05, 4.69) is 10.3 Å².